The molecular weight excluding hydrogens is 204 g/mol. The Kier molecular flexibility index (Phi) is 8.19. The summed E-state index contributed by atoms with van der Waals surface area (Å²) in [5.41, 5.74) is 1.33. The largest absolute Gasteiger partial charge is 0.373 e. The molecule has 0 saturated carbocycles. The number of nitrogens with one attached hydrogen (secondary N) is 1. The summed E-state index contributed by atoms with van der Waals surface area (Å²) in [5.74, 6) is 2.13. The van der Waals surface area contributed by atoms with Gasteiger partial charge in [0.05, 0.1) is 0 Å². The van der Waals surface area contributed by atoms with Crippen molar-refractivity contribution in [3.8, 4) is 0 Å². The zero-order valence-corrected chi connectivity index (χ0v) is 11.2. The van der Waals surface area contributed by atoms with Crippen molar-refractivity contribution in [3.63, 3.8) is 0 Å². The van der Waals surface area contributed by atoms with Crippen LogP contribution in [0.15, 0.2) is 17.2 Å². The van der Waals surface area contributed by atoms with Crippen LogP contribution in [0.5, 0.6) is 0 Å². The predicted molar refractivity (Wildman–Crippen MR) is 70.9 cm³/mol. The highest BCUT2D eigenvalue weighted by atomic mass is 32.2. The Morgan fingerprint density at radius 1 is 1.33 bits per heavy atom. The molecule has 0 radical (unpaired) electrons. The molecule has 1 N–H and O–H groups in total. The molecule has 1 rings (SSSR count). The van der Waals surface area contributed by atoms with Crippen LogP contribution in [0, 0.1) is 0 Å². The normalized spacial score (nSPS) is 9.13. The van der Waals surface area contributed by atoms with Crippen LogP contribution in [0.3, 0.4) is 0 Å². The van der Waals surface area contributed by atoms with Gasteiger partial charge in [0.1, 0.15) is 5.82 Å². The van der Waals surface area contributed by atoms with Crippen molar-refractivity contribution in [1.82, 2.24) is 4.98 Å². The number of aromatic nitrogens is 1. The number of hydrogen-bond donors (Lipinski definition) is 1. The third-order valence-corrected chi connectivity index (χ3v) is 2.89. The van der Waals surface area contributed by atoms with E-state index in [0.717, 1.165) is 18.0 Å². The van der Waals surface area contributed by atoms with E-state index in [1.54, 1.807) is 0 Å². The molecule has 0 aliphatic rings. The SMILES string of the molecule is CC.CCSc1ccnc(NC)c1CC. The van der Waals surface area contributed by atoms with Crippen molar-refractivity contribution in [2.45, 2.75) is 39.0 Å². The van der Waals surface area contributed by atoms with Gasteiger partial charge in [-0.3, -0.25) is 0 Å². The summed E-state index contributed by atoms with van der Waals surface area (Å²) in [4.78, 5) is 5.64. The van der Waals surface area contributed by atoms with Gasteiger partial charge >= 0.3 is 0 Å². The van der Waals surface area contributed by atoms with E-state index in [4.69, 9.17) is 0 Å². The molecule has 2 nitrogen and oxygen atoms in total. The molecule has 0 amide bonds. The van der Waals surface area contributed by atoms with Crippen molar-refractivity contribution in [2.24, 2.45) is 0 Å². The summed E-state index contributed by atoms with van der Waals surface area (Å²) in [6.07, 6.45) is 2.90. The van der Waals surface area contributed by atoms with Gasteiger partial charge < -0.3 is 5.32 Å². The maximum Gasteiger partial charge on any atom is 0.129 e. The van der Waals surface area contributed by atoms with Gasteiger partial charge in [-0.25, -0.2) is 4.98 Å². The molecule has 0 aliphatic carbocycles. The summed E-state index contributed by atoms with van der Waals surface area (Å²) in [6.45, 7) is 8.33. The fraction of sp³-hybridized carbons (Fsp3) is 0.583. The quantitative estimate of drug-likeness (QED) is 0.790. The second kappa shape index (κ2) is 8.60. The van der Waals surface area contributed by atoms with Crippen LogP contribution < -0.4 is 5.32 Å². The van der Waals surface area contributed by atoms with Crippen molar-refractivity contribution >= 4 is 17.6 Å². The molecule has 0 fully saturated rings. The topological polar surface area (TPSA) is 24.9 Å². The first-order valence-electron chi connectivity index (χ1n) is 5.61. The Labute approximate surface area is 97.9 Å². The average Bonchev–Trinajstić information content (AvgIpc) is 2.31. The smallest absolute Gasteiger partial charge is 0.129 e. The molecule has 1 aromatic rings. The second-order valence-electron chi connectivity index (χ2n) is 2.67. The van der Waals surface area contributed by atoms with Gasteiger partial charge in [0.2, 0.25) is 0 Å². The molecule has 0 atom stereocenters. The minimum absolute atomic E-state index is 1.01. The van der Waals surface area contributed by atoms with Crippen molar-refractivity contribution in [1.29, 1.82) is 0 Å². The Morgan fingerprint density at radius 2 is 2.00 bits per heavy atom. The highest BCUT2D eigenvalue weighted by molar-refractivity contribution is 7.99. The van der Waals surface area contributed by atoms with E-state index in [2.05, 4.69) is 30.2 Å². The van der Waals surface area contributed by atoms with Crippen LogP contribution in [0.2, 0.25) is 0 Å². The average molecular weight is 226 g/mol. The second-order valence-corrected chi connectivity index (χ2v) is 3.98. The van der Waals surface area contributed by atoms with Crippen LogP contribution in [0.1, 0.15) is 33.3 Å². The number of nitrogens with zero attached hydrogens (tertiary/aromatic N) is 1. The lowest BCUT2D eigenvalue weighted by molar-refractivity contribution is 1.04. The first kappa shape index (κ1) is 14.3. The third-order valence-electron chi connectivity index (χ3n) is 1.90. The van der Waals surface area contributed by atoms with Gasteiger partial charge in [-0.05, 0) is 18.2 Å². The van der Waals surface area contributed by atoms with Crippen molar-refractivity contribution in [2.75, 3.05) is 18.1 Å². The molecule has 0 aromatic carbocycles. The minimum atomic E-state index is 1.01. The Hall–Kier alpha value is -0.700. The summed E-state index contributed by atoms with van der Waals surface area (Å²) in [7, 11) is 1.92. The summed E-state index contributed by atoms with van der Waals surface area (Å²) >= 11 is 1.88. The van der Waals surface area contributed by atoms with Crippen molar-refractivity contribution in [3.05, 3.63) is 17.8 Å². The number of rotatable bonds is 4. The molecule has 15 heavy (non-hydrogen) atoms. The predicted octanol–water partition coefficient (Wildman–Crippen LogP) is 3.82. The molecule has 1 aromatic heterocycles. The lowest BCUT2D eigenvalue weighted by Gasteiger charge is -2.10. The van der Waals surface area contributed by atoms with E-state index >= 15 is 0 Å². The van der Waals surface area contributed by atoms with E-state index < -0.39 is 0 Å². The fourth-order valence-corrected chi connectivity index (χ4v) is 2.21. The first-order chi connectivity index (χ1) is 7.33. The van der Waals surface area contributed by atoms with Gasteiger partial charge in [0.25, 0.3) is 0 Å². The van der Waals surface area contributed by atoms with E-state index in [1.807, 2.05) is 38.9 Å². The zero-order valence-electron chi connectivity index (χ0n) is 10.4. The Morgan fingerprint density at radius 3 is 2.47 bits per heavy atom. The van der Waals surface area contributed by atoms with Crippen molar-refractivity contribution < 1.29 is 0 Å². The van der Waals surface area contributed by atoms with E-state index in [-0.39, 0.29) is 0 Å². The highest BCUT2D eigenvalue weighted by Crippen LogP contribution is 2.26. The van der Waals surface area contributed by atoms with Crippen LogP contribution in [0.4, 0.5) is 5.82 Å². The highest BCUT2D eigenvalue weighted by Gasteiger charge is 2.05. The lowest BCUT2D eigenvalue weighted by atomic mass is 10.2. The van der Waals surface area contributed by atoms with E-state index in [0.29, 0.717) is 0 Å². The molecule has 1 heterocycles. The zero-order chi connectivity index (χ0) is 11.7. The first-order valence-corrected chi connectivity index (χ1v) is 6.60. The molecular formula is C12H22N2S. The molecule has 86 valence electrons. The van der Waals surface area contributed by atoms with Crippen LogP contribution in [0.25, 0.3) is 0 Å². The Bertz CT molecular complexity index is 274. The molecule has 0 aliphatic heterocycles. The maximum absolute atomic E-state index is 4.29. The van der Waals surface area contributed by atoms with Gasteiger partial charge in [-0.15, -0.1) is 11.8 Å². The van der Waals surface area contributed by atoms with Crippen LogP contribution >= 0.6 is 11.8 Å². The van der Waals surface area contributed by atoms with E-state index in [9.17, 15) is 0 Å². The number of anilines is 1. The molecule has 0 saturated heterocycles. The maximum atomic E-state index is 4.29. The summed E-state index contributed by atoms with van der Waals surface area (Å²) in [6, 6.07) is 2.09. The Balaban J connectivity index is 0.000000921. The van der Waals surface area contributed by atoms with Gasteiger partial charge in [-0.2, -0.15) is 0 Å². The molecule has 0 spiro atoms. The van der Waals surface area contributed by atoms with Crippen LogP contribution in [-0.2, 0) is 6.42 Å². The fourth-order valence-electron chi connectivity index (χ4n) is 1.32. The van der Waals surface area contributed by atoms with Gasteiger partial charge in [0.15, 0.2) is 0 Å². The molecule has 0 bridgehead atoms. The lowest BCUT2D eigenvalue weighted by Crippen LogP contribution is -1.99. The minimum Gasteiger partial charge on any atom is -0.373 e. The summed E-state index contributed by atoms with van der Waals surface area (Å²) in [5, 5.41) is 3.12. The number of hydrogen-bond acceptors (Lipinski definition) is 3. The monoisotopic (exact) mass is 226 g/mol. The van der Waals surface area contributed by atoms with E-state index in [1.165, 1.54) is 10.5 Å². The van der Waals surface area contributed by atoms with Gasteiger partial charge in [0, 0.05) is 23.7 Å². The molecule has 0 unspecified atom stereocenters. The van der Waals surface area contributed by atoms with Crippen LogP contribution in [-0.4, -0.2) is 17.8 Å². The van der Waals surface area contributed by atoms with Gasteiger partial charge in [-0.1, -0.05) is 27.7 Å². The molecule has 3 heteroatoms. The third kappa shape index (κ3) is 4.12. The standard InChI is InChI=1S/C10H16N2S.C2H6/c1-4-8-9(13-5-2)6-7-12-10(8)11-3;1-2/h6-7H,4-5H2,1-3H3,(H,11,12);1-2H3. The number of pyridine rings is 1. The summed E-state index contributed by atoms with van der Waals surface area (Å²) < 4.78 is 0. The number of thioether (sulfide) groups is 1.